The van der Waals surface area contributed by atoms with Crippen LogP contribution in [0.15, 0.2) is 18.3 Å². The van der Waals surface area contributed by atoms with Crippen molar-refractivity contribution in [3.8, 4) is 5.75 Å². The molecule has 0 fully saturated rings. The summed E-state index contributed by atoms with van der Waals surface area (Å²) in [5, 5.41) is 7.87. The summed E-state index contributed by atoms with van der Waals surface area (Å²) in [4.78, 5) is 2.13. The van der Waals surface area contributed by atoms with E-state index < -0.39 is 0 Å². The van der Waals surface area contributed by atoms with Gasteiger partial charge < -0.3 is 15.4 Å². The molecule has 5 nitrogen and oxygen atoms in total. The predicted molar refractivity (Wildman–Crippen MR) is 69.2 cm³/mol. The maximum atomic E-state index is 5.91. The quantitative estimate of drug-likeness (QED) is 0.607. The van der Waals surface area contributed by atoms with Crippen molar-refractivity contribution in [3.05, 3.63) is 18.3 Å². The Morgan fingerprint density at radius 1 is 1.41 bits per heavy atom. The van der Waals surface area contributed by atoms with Gasteiger partial charge in [0, 0.05) is 18.0 Å². The summed E-state index contributed by atoms with van der Waals surface area (Å²) in [6, 6.07) is 3.77. The molecule has 0 aliphatic heterocycles. The van der Waals surface area contributed by atoms with E-state index in [1.54, 1.807) is 6.20 Å². The zero-order valence-corrected chi connectivity index (χ0v) is 10.2. The number of nitrogen functional groups attached to an aromatic ring is 1. The van der Waals surface area contributed by atoms with Gasteiger partial charge in [0.25, 0.3) is 0 Å². The van der Waals surface area contributed by atoms with Crippen LogP contribution >= 0.6 is 0 Å². The second kappa shape index (κ2) is 5.05. The highest BCUT2D eigenvalue weighted by Gasteiger charge is 2.04. The van der Waals surface area contributed by atoms with E-state index in [0.717, 1.165) is 29.6 Å². The molecule has 2 aromatic rings. The molecule has 0 spiro atoms. The summed E-state index contributed by atoms with van der Waals surface area (Å²) in [5.41, 5.74) is 7.51. The van der Waals surface area contributed by atoms with E-state index in [1.807, 2.05) is 26.2 Å². The minimum absolute atomic E-state index is 0.656. The number of nitrogens with two attached hydrogens (primary N) is 1. The van der Waals surface area contributed by atoms with Crippen LogP contribution in [0.2, 0.25) is 0 Å². The Morgan fingerprint density at radius 2 is 2.24 bits per heavy atom. The van der Waals surface area contributed by atoms with Crippen molar-refractivity contribution in [3.63, 3.8) is 0 Å². The first kappa shape index (κ1) is 11.7. The van der Waals surface area contributed by atoms with Gasteiger partial charge in [0.1, 0.15) is 5.75 Å². The molecule has 0 atom stereocenters. The molecule has 0 saturated heterocycles. The smallest absolute Gasteiger partial charge is 0.144 e. The lowest BCUT2D eigenvalue weighted by atomic mass is 10.2. The monoisotopic (exact) mass is 234 g/mol. The number of aromatic nitrogens is 2. The number of hydrogen-bond donors (Lipinski definition) is 2. The zero-order valence-electron chi connectivity index (χ0n) is 10.2. The van der Waals surface area contributed by atoms with Crippen LogP contribution in [0.1, 0.15) is 6.42 Å². The third kappa shape index (κ3) is 2.88. The predicted octanol–water partition coefficient (Wildman–Crippen LogP) is 1.48. The lowest BCUT2D eigenvalue weighted by Gasteiger charge is -2.11. The van der Waals surface area contributed by atoms with E-state index in [2.05, 4.69) is 15.1 Å². The Kier molecular flexibility index (Phi) is 3.49. The third-order valence-electron chi connectivity index (χ3n) is 2.58. The number of fused-ring (bicyclic) bond motifs is 1. The van der Waals surface area contributed by atoms with Gasteiger partial charge in [0.2, 0.25) is 0 Å². The van der Waals surface area contributed by atoms with Gasteiger partial charge in [-0.3, -0.25) is 5.10 Å². The van der Waals surface area contributed by atoms with Gasteiger partial charge in [-0.15, -0.1) is 0 Å². The number of aromatic amines is 1. The van der Waals surface area contributed by atoms with Crippen LogP contribution < -0.4 is 10.5 Å². The van der Waals surface area contributed by atoms with Gasteiger partial charge in [0.05, 0.1) is 24.0 Å². The fraction of sp³-hybridized carbons (Fsp3) is 0.417. The Hall–Kier alpha value is -1.75. The number of rotatable bonds is 5. The zero-order chi connectivity index (χ0) is 12.3. The van der Waals surface area contributed by atoms with Crippen LogP contribution in [0.25, 0.3) is 10.9 Å². The third-order valence-corrected chi connectivity index (χ3v) is 2.58. The van der Waals surface area contributed by atoms with E-state index in [-0.39, 0.29) is 0 Å². The Labute approximate surface area is 101 Å². The Morgan fingerprint density at radius 3 is 3.00 bits per heavy atom. The van der Waals surface area contributed by atoms with Crippen molar-refractivity contribution >= 4 is 16.6 Å². The van der Waals surface area contributed by atoms with Gasteiger partial charge in [-0.05, 0) is 26.6 Å². The summed E-state index contributed by atoms with van der Waals surface area (Å²) in [7, 11) is 4.09. The van der Waals surface area contributed by atoms with E-state index >= 15 is 0 Å². The average Bonchev–Trinajstić information content (AvgIpc) is 2.71. The first-order valence-electron chi connectivity index (χ1n) is 5.67. The van der Waals surface area contributed by atoms with Gasteiger partial charge in [-0.25, -0.2) is 0 Å². The molecule has 5 heteroatoms. The van der Waals surface area contributed by atoms with Crippen LogP contribution in [-0.2, 0) is 0 Å². The summed E-state index contributed by atoms with van der Waals surface area (Å²) < 4.78 is 5.67. The molecule has 1 heterocycles. The van der Waals surface area contributed by atoms with Crippen LogP contribution in [0.4, 0.5) is 5.69 Å². The summed E-state index contributed by atoms with van der Waals surface area (Å²) in [6.07, 6.45) is 2.73. The first-order valence-corrected chi connectivity index (χ1v) is 5.67. The summed E-state index contributed by atoms with van der Waals surface area (Å²) >= 11 is 0. The number of H-pyrrole nitrogens is 1. The van der Waals surface area contributed by atoms with Crippen LogP contribution in [0.5, 0.6) is 5.75 Å². The molecule has 0 amide bonds. The summed E-state index contributed by atoms with van der Waals surface area (Å²) in [5.74, 6) is 0.723. The minimum atomic E-state index is 0.656. The number of hydrogen-bond acceptors (Lipinski definition) is 4. The molecule has 0 bridgehead atoms. The average molecular weight is 234 g/mol. The molecule has 1 aromatic carbocycles. The SMILES string of the molecule is CN(C)CCCOc1cc2[nH]ncc2cc1N. The standard InChI is InChI=1S/C12H18N4O/c1-16(2)4-3-5-17-12-7-11-9(6-10(12)13)8-14-15-11/h6-8H,3-5,13H2,1-2H3,(H,14,15). The van der Waals surface area contributed by atoms with Crippen LogP contribution in [0, 0.1) is 0 Å². The Bertz CT molecular complexity index is 492. The normalized spacial score (nSPS) is 11.2. The van der Waals surface area contributed by atoms with Crippen molar-refractivity contribution in [2.45, 2.75) is 6.42 Å². The van der Waals surface area contributed by atoms with Crippen molar-refractivity contribution in [1.82, 2.24) is 15.1 Å². The van der Waals surface area contributed by atoms with Gasteiger partial charge in [-0.2, -0.15) is 5.10 Å². The van der Waals surface area contributed by atoms with E-state index in [1.165, 1.54) is 0 Å². The highest BCUT2D eigenvalue weighted by molar-refractivity contribution is 5.84. The molecular formula is C12H18N4O. The maximum absolute atomic E-state index is 5.91. The molecular weight excluding hydrogens is 216 g/mol. The van der Waals surface area contributed by atoms with Crippen molar-refractivity contribution in [1.29, 1.82) is 0 Å². The molecule has 3 N–H and O–H groups in total. The van der Waals surface area contributed by atoms with E-state index in [9.17, 15) is 0 Å². The van der Waals surface area contributed by atoms with Crippen molar-refractivity contribution in [2.24, 2.45) is 0 Å². The molecule has 0 unspecified atom stereocenters. The molecule has 0 radical (unpaired) electrons. The molecule has 2 rings (SSSR count). The largest absolute Gasteiger partial charge is 0.491 e. The molecule has 92 valence electrons. The molecule has 17 heavy (non-hydrogen) atoms. The molecule has 1 aromatic heterocycles. The highest BCUT2D eigenvalue weighted by Crippen LogP contribution is 2.26. The molecule has 0 aliphatic rings. The number of anilines is 1. The number of benzene rings is 1. The second-order valence-corrected chi connectivity index (χ2v) is 4.35. The second-order valence-electron chi connectivity index (χ2n) is 4.35. The van der Waals surface area contributed by atoms with Crippen molar-refractivity contribution < 1.29 is 4.74 Å². The van der Waals surface area contributed by atoms with Gasteiger partial charge >= 0.3 is 0 Å². The fourth-order valence-corrected chi connectivity index (χ4v) is 1.68. The van der Waals surface area contributed by atoms with E-state index in [0.29, 0.717) is 12.3 Å². The number of ether oxygens (including phenoxy) is 1. The Balaban J connectivity index is 2.00. The first-order chi connectivity index (χ1) is 8.16. The van der Waals surface area contributed by atoms with E-state index in [4.69, 9.17) is 10.5 Å². The van der Waals surface area contributed by atoms with Gasteiger partial charge in [-0.1, -0.05) is 0 Å². The van der Waals surface area contributed by atoms with Crippen LogP contribution in [0.3, 0.4) is 0 Å². The number of nitrogens with one attached hydrogen (secondary N) is 1. The lowest BCUT2D eigenvalue weighted by Crippen LogP contribution is -2.15. The molecule has 0 saturated carbocycles. The lowest BCUT2D eigenvalue weighted by molar-refractivity contribution is 0.283. The number of nitrogens with zero attached hydrogens (tertiary/aromatic N) is 2. The minimum Gasteiger partial charge on any atom is -0.491 e. The fourth-order valence-electron chi connectivity index (χ4n) is 1.68. The van der Waals surface area contributed by atoms with Gasteiger partial charge in [0.15, 0.2) is 0 Å². The van der Waals surface area contributed by atoms with Crippen LogP contribution in [-0.4, -0.2) is 42.3 Å². The summed E-state index contributed by atoms with van der Waals surface area (Å²) in [6.45, 7) is 1.67. The van der Waals surface area contributed by atoms with Crippen molar-refractivity contribution in [2.75, 3.05) is 33.0 Å². The molecule has 0 aliphatic carbocycles. The highest BCUT2D eigenvalue weighted by atomic mass is 16.5. The maximum Gasteiger partial charge on any atom is 0.144 e. The topological polar surface area (TPSA) is 67.2 Å².